The summed E-state index contributed by atoms with van der Waals surface area (Å²) in [7, 11) is -3.50. The lowest BCUT2D eigenvalue weighted by molar-refractivity contribution is 0.346. The summed E-state index contributed by atoms with van der Waals surface area (Å²) in [5.74, 6) is 1.76. The van der Waals surface area contributed by atoms with Crippen molar-refractivity contribution >= 4 is 32.8 Å². The van der Waals surface area contributed by atoms with Crippen molar-refractivity contribution < 1.29 is 12.8 Å². The molecular formula is C22H24N6O3S2. The maximum atomic E-state index is 13.1. The molecule has 1 aromatic carbocycles. The molecule has 1 aliphatic heterocycles. The van der Waals surface area contributed by atoms with Gasteiger partial charge in [-0.1, -0.05) is 18.2 Å². The van der Waals surface area contributed by atoms with Crippen LogP contribution in [0.5, 0.6) is 0 Å². The van der Waals surface area contributed by atoms with Gasteiger partial charge >= 0.3 is 0 Å². The largest absolute Gasteiger partial charge is 0.411 e. The van der Waals surface area contributed by atoms with Crippen molar-refractivity contribution in [1.29, 1.82) is 0 Å². The molecule has 33 heavy (non-hydrogen) atoms. The fourth-order valence-electron chi connectivity index (χ4n) is 4.04. The van der Waals surface area contributed by atoms with E-state index in [1.165, 1.54) is 11.8 Å². The van der Waals surface area contributed by atoms with Crippen LogP contribution in [0, 0.1) is 0 Å². The second kappa shape index (κ2) is 9.24. The molecule has 0 atom stereocenters. The third-order valence-corrected chi connectivity index (χ3v) is 8.42. The van der Waals surface area contributed by atoms with Crippen LogP contribution in [0.2, 0.25) is 0 Å². The number of hydrogen-bond acceptors (Lipinski definition) is 8. The van der Waals surface area contributed by atoms with E-state index in [1.807, 2.05) is 25.1 Å². The van der Waals surface area contributed by atoms with E-state index in [2.05, 4.69) is 19.7 Å². The zero-order valence-electron chi connectivity index (χ0n) is 18.2. The number of piperidine rings is 1. The molecule has 0 N–H and O–H groups in total. The van der Waals surface area contributed by atoms with Crippen LogP contribution in [0.25, 0.3) is 22.5 Å². The number of sulfonamides is 1. The number of pyridine rings is 1. The molecule has 5 rings (SSSR count). The van der Waals surface area contributed by atoms with Gasteiger partial charge in [-0.15, -0.1) is 10.2 Å². The lowest BCUT2D eigenvalue weighted by Gasteiger charge is -2.25. The first-order valence-electron chi connectivity index (χ1n) is 10.9. The zero-order valence-corrected chi connectivity index (χ0v) is 19.8. The quantitative estimate of drug-likeness (QED) is 0.363. The molecule has 11 heteroatoms. The number of nitrogens with zero attached hydrogens (tertiary/aromatic N) is 6. The van der Waals surface area contributed by atoms with Crippen molar-refractivity contribution in [3.05, 3.63) is 48.5 Å². The van der Waals surface area contributed by atoms with Crippen LogP contribution >= 0.6 is 11.8 Å². The van der Waals surface area contributed by atoms with Crippen LogP contribution in [0.3, 0.4) is 0 Å². The molecule has 0 radical (unpaired) electrons. The highest BCUT2D eigenvalue weighted by atomic mass is 32.2. The molecule has 172 valence electrons. The monoisotopic (exact) mass is 484 g/mol. The summed E-state index contributed by atoms with van der Waals surface area (Å²) >= 11 is 1.40. The number of fused-ring (bicyclic) bond motifs is 1. The average Bonchev–Trinajstić information content (AvgIpc) is 3.47. The van der Waals surface area contributed by atoms with Crippen molar-refractivity contribution in [2.24, 2.45) is 0 Å². The highest BCUT2D eigenvalue weighted by Gasteiger charge is 2.26. The molecule has 0 amide bonds. The fraction of sp³-hybridized carbons (Fsp3) is 0.364. The normalized spacial score (nSPS) is 15.3. The Morgan fingerprint density at radius 2 is 1.97 bits per heavy atom. The molecule has 4 aromatic rings. The summed E-state index contributed by atoms with van der Waals surface area (Å²) in [5, 5.41) is 8.64. The van der Waals surface area contributed by atoms with E-state index in [0.717, 1.165) is 42.7 Å². The maximum Gasteiger partial charge on any atom is 0.277 e. The van der Waals surface area contributed by atoms with Crippen LogP contribution in [0.1, 0.15) is 32.0 Å². The summed E-state index contributed by atoms with van der Waals surface area (Å²) in [6, 6.07) is 8.91. The van der Waals surface area contributed by atoms with E-state index in [1.54, 1.807) is 28.8 Å². The molecule has 0 saturated carbocycles. The second-order valence-electron chi connectivity index (χ2n) is 7.79. The molecule has 9 nitrogen and oxygen atoms in total. The van der Waals surface area contributed by atoms with Gasteiger partial charge in [0.25, 0.3) is 5.22 Å². The van der Waals surface area contributed by atoms with Crippen LogP contribution < -0.4 is 0 Å². The van der Waals surface area contributed by atoms with Gasteiger partial charge in [0.15, 0.2) is 0 Å². The fourth-order valence-corrected chi connectivity index (χ4v) is 6.28. The number of thioether (sulfide) groups is 1. The van der Waals surface area contributed by atoms with Gasteiger partial charge in [0.05, 0.1) is 27.2 Å². The molecule has 1 fully saturated rings. The average molecular weight is 485 g/mol. The first-order valence-corrected chi connectivity index (χ1v) is 13.3. The lowest BCUT2D eigenvalue weighted by atomic mass is 10.2. The summed E-state index contributed by atoms with van der Waals surface area (Å²) < 4.78 is 35.6. The van der Waals surface area contributed by atoms with E-state index in [0.29, 0.717) is 40.4 Å². The predicted molar refractivity (Wildman–Crippen MR) is 125 cm³/mol. The summed E-state index contributed by atoms with van der Waals surface area (Å²) in [4.78, 5) is 9.11. The topological polar surface area (TPSA) is 107 Å². The first kappa shape index (κ1) is 22.1. The molecule has 0 aliphatic carbocycles. The third-order valence-electron chi connectivity index (χ3n) is 5.71. The molecule has 4 heterocycles. The molecule has 0 bridgehead atoms. The van der Waals surface area contributed by atoms with Gasteiger partial charge in [-0.3, -0.25) is 4.98 Å². The Kier molecular flexibility index (Phi) is 6.17. The summed E-state index contributed by atoms with van der Waals surface area (Å²) in [6.07, 6.45) is 6.26. The minimum atomic E-state index is -3.50. The second-order valence-corrected chi connectivity index (χ2v) is 10.7. The number of hydrogen-bond donors (Lipinski definition) is 0. The minimum absolute atomic E-state index is 0.301. The molecular weight excluding hydrogens is 460 g/mol. The number of rotatable bonds is 7. The van der Waals surface area contributed by atoms with Gasteiger partial charge in [-0.25, -0.2) is 13.4 Å². The SMILES string of the molecule is CCn1c(CSc2nnc(-c3cccnc3)o2)nc2cc(S(=O)(=O)N3CCCCC3)ccc21. The van der Waals surface area contributed by atoms with Gasteiger partial charge in [-0.05, 0) is 50.1 Å². The van der Waals surface area contributed by atoms with Gasteiger partial charge in [-0.2, -0.15) is 4.31 Å². The van der Waals surface area contributed by atoms with E-state index < -0.39 is 10.0 Å². The Bertz CT molecular complexity index is 1360. The number of imidazole rings is 1. The van der Waals surface area contributed by atoms with Gasteiger partial charge in [0.2, 0.25) is 15.9 Å². The van der Waals surface area contributed by atoms with Gasteiger partial charge in [0, 0.05) is 32.0 Å². The Balaban J connectivity index is 1.38. The number of aromatic nitrogens is 5. The predicted octanol–water partition coefficient (Wildman–Crippen LogP) is 3.97. The first-order chi connectivity index (χ1) is 16.1. The molecule has 0 unspecified atom stereocenters. The molecule has 0 spiro atoms. The standard InChI is InChI=1S/C22H24N6O3S2/c1-2-28-19-9-8-17(33(29,30)27-11-4-3-5-12-27)13-18(19)24-20(28)15-32-22-26-25-21(31-22)16-7-6-10-23-14-16/h6-10,13-14H,2-5,11-12,15H2,1H3. The third kappa shape index (κ3) is 4.40. The van der Waals surface area contributed by atoms with Crippen molar-refractivity contribution in [2.75, 3.05) is 13.1 Å². The van der Waals surface area contributed by atoms with Crippen LogP contribution in [0.15, 0.2) is 57.3 Å². The molecule has 1 aliphatic rings. The highest BCUT2D eigenvalue weighted by Crippen LogP contribution is 2.29. The smallest absolute Gasteiger partial charge is 0.277 e. The Hall–Kier alpha value is -2.76. The molecule has 3 aromatic heterocycles. The van der Waals surface area contributed by atoms with Gasteiger partial charge in [0.1, 0.15) is 5.82 Å². The Labute approximate surface area is 196 Å². The number of benzene rings is 1. The van der Waals surface area contributed by atoms with Crippen LogP contribution in [0.4, 0.5) is 0 Å². The van der Waals surface area contributed by atoms with Crippen LogP contribution in [-0.4, -0.2) is 50.5 Å². The van der Waals surface area contributed by atoms with Crippen molar-refractivity contribution in [3.63, 3.8) is 0 Å². The summed E-state index contributed by atoms with van der Waals surface area (Å²) in [5.41, 5.74) is 2.35. The summed E-state index contributed by atoms with van der Waals surface area (Å²) in [6.45, 7) is 3.92. The van der Waals surface area contributed by atoms with E-state index in [-0.39, 0.29) is 0 Å². The van der Waals surface area contributed by atoms with Gasteiger partial charge < -0.3 is 8.98 Å². The van der Waals surface area contributed by atoms with Crippen molar-refractivity contribution in [3.8, 4) is 11.5 Å². The van der Waals surface area contributed by atoms with Crippen LogP contribution in [-0.2, 0) is 22.3 Å². The Morgan fingerprint density at radius 3 is 2.73 bits per heavy atom. The maximum absolute atomic E-state index is 13.1. The molecule has 1 saturated heterocycles. The zero-order chi connectivity index (χ0) is 22.8. The highest BCUT2D eigenvalue weighted by molar-refractivity contribution is 7.98. The van der Waals surface area contributed by atoms with E-state index in [4.69, 9.17) is 9.40 Å². The lowest BCUT2D eigenvalue weighted by Crippen LogP contribution is -2.35. The van der Waals surface area contributed by atoms with E-state index >= 15 is 0 Å². The number of aryl methyl sites for hydroxylation is 1. The Morgan fingerprint density at radius 1 is 1.12 bits per heavy atom. The minimum Gasteiger partial charge on any atom is -0.411 e. The van der Waals surface area contributed by atoms with E-state index in [9.17, 15) is 8.42 Å². The van der Waals surface area contributed by atoms with Crippen molar-refractivity contribution in [1.82, 2.24) is 29.0 Å². The van der Waals surface area contributed by atoms with Crippen molar-refractivity contribution in [2.45, 2.75) is 48.6 Å².